The van der Waals surface area contributed by atoms with Gasteiger partial charge in [0, 0.05) is 5.38 Å². The zero-order valence-corrected chi connectivity index (χ0v) is 6.65. The number of rotatable bonds is 2. The van der Waals surface area contributed by atoms with Crippen LogP contribution in [0.5, 0.6) is 0 Å². The molecule has 1 aromatic heterocycles. The van der Waals surface area contributed by atoms with Gasteiger partial charge >= 0.3 is 0 Å². The van der Waals surface area contributed by atoms with Crippen LogP contribution in [-0.4, -0.2) is 15.8 Å². The Balaban J connectivity index is 2.50. The predicted octanol–water partition coefficient (Wildman–Crippen LogP) is 1.91. The Morgan fingerprint density at radius 3 is 3.12 bits per heavy atom. The van der Waals surface area contributed by atoms with E-state index in [1.807, 2.05) is 11.6 Å². The smallest absolute Gasteiger partial charge is 0.131 e. The molecule has 5 heteroatoms. The van der Waals surface area contributed by atoms with E-state index < -0.39 is 0 Å². The highest BCUT2D eigenvalue weighted by Crippen LogP contribution is 2.26. The van der Waals surface area contributed by atoms with Crippen LogP contribution in [0.2, 0.25) is 0 Å². The van der Waals surface area contributed by atoms with Crippen molar-refractivity contribution < 1.29 is 0 Å². The van der Waals surface area contributed by atoms with Crippen LogP contribution in [-0.2, 0) is 0 Å². The molecule has 0 aliphatic heterocycles. The summed E-state index contributed by atoms with van der Waals surface area (Å²) in [5.41, 5.74) is 0. The molecule has 0 atom stereocenters. The fourth-order valence-corrected chi connectivity index (χ4v) is 2.15. The van der Waals surface area contributed by atoms with E-state index in [-0.39, 0.29) is 0 Å². The third kappa shape index (κ3) is 1.65. The van der Waals surface area contributed by atoms with E-state index in [4.69, 9.17) is 0 Å². The van der Waals surface area contributed by atoms with E-state index in [9.17, 15) is 0 Å². The molecule has 0 radical (unpaired) electrons. The van der Waals surface area contributed by atoms with Gasteiger partial charge in [-0.3, -0.25) is 0 Å². The van der Waals surface area contributed by atoms with Gasteiger partial charge in [-0.1, -0.05) is 15.3 Å². The first-order chi connectivity index (χ1) is 3.93. The average Bonchev–Trinajstić information content (AvgIpc) is 2.19. The summed E-state index contributed by atoms with van der Waals surface area (Å²) in [5, 5.41) is 6.75. The van der Waals surface area contributed by atoms with Crippen LogP contribution in [0.15, 0.2) is 10.4 Å². The van der Waals surface area contributed by atoms with Gasteiger partial charge in [0.15, 0.2) is 0 Å². The fraction of sp³-hybridized carbons (Fsp3) is 0.333. The number of hydrogen-bond acceptors (Lipinski definition) is 5. The molecule has 0 bridgehead atoms. The van der Waals surface area contributed by atoms with Gasteiger partial charge in [0.05, 0.1) is 0 Å². The second kappa shape index (κ2) is 3.32. The van der Waals surface area contributed by atoms with E-state index in [1.54, 1.807) is 21.6 Å². The van der Waals surface area contributed by atoms with Crippen molar-refractivity contribution in [1.82, 2.24) is 9.59 Å². The summed E-state index contributed by atoms with van der Waals surface area (Å²) in [6.45, 7) is 0. The zero-order valence-electron chi connectivity index (χ0n) is 4.20. The lowest BCUT2D eigenvalue weighted by molar-refractivity contribution is 1.04. The van der Waals surface area contributed by atoms with Crippen molar-refractivity contribution >= 4 is 33.1 Å². The van der Waals surface area contributed by atoms with Gasteiger partial charge in [-0.2, -0.15) is 0 Å². The number of nitrogens with zero attached hydrogens (tertiary/aromatic N) is 2. The molecule has 0 unspecified atom stereocenters. The Labute approximate surface area is 59.6 Å². The van der Waals surface area contributed by atoms with Gasteiger partial charge in [0.2, 0.25) is 0 Å². The van der Waals surface area contributed by atoms with Crippen molar-refractivity contribution in [2.75, 3.05) is 6.26 Å². The Kier molecular flexibility index (Phi) is 2.65. The van der Waals surface area contributed by atoms with Gasteiger partial charge in [0.1, 0.15) is 5.03 Å². The van der Waals surface area contributed by atoms with Crippen molar-refractivity contribution in [3.05, 3.63) is 5.38 Å². The van der Waals surface area contributed by atoms with Crippen LogP contribution in [0.25, 0.3) is 0 Å². The van der Waals surface area contributed by atoms with Crippen LogP contribution < -0.4 is 0 Å². The molecule has 0 aromatic carbocycles. The molecule has 0 saturated heterocycles. The van der Waals surface area contributed by atoms with Crippen molar-refractivity contribution in [3.8, 4) is 0 Å². The standard InChI is InChI=1S/C3H4N2S3/c1-6-8-3-2-7-5-4-3/h2H,1H3. The van der Waals surface area contributed by atoms with Crippen LogP contribution in [0.4, 0.5) is 0 Å². The molecular formula is C3H4N2S3. The maximum atomic E-state index is 3.82. The molecule has 1 heterocycles. The minimum atomic E-state index is 1.00. The first kappa shape index (κ1) is 6.38. The Bertz CT molecular complexity index is 138. The fourth-order valence-electron chi connectivity index (χ4n) is 0.278. The normalized spacial score (nSPS) is 9.62. The van der Waals surface area contributed by atoms with Crippen molar-refractivity contribution in [2.24, 2.45) is 0 Å². The van der Waals surface area contributed by atoms with Crippen LogP contribution in [0.3, 0.4) is 0 Å². The molecule has 1 rings (SSSR count). The zero-order chi connectivity index (χ0) is 5.82. The summed E-state index contributed by atoms with van der Waals surface area (Å²) in [6, 6.07) is 0. The molecule has 1 aromatic rings. The molecule has 0 aliphatic rings. The summed E-state index contributed by atoms with van der Waals surface area (Å²) < 4.78 is 3.70. The maximum Gasteiger partial charge on any atom is 0.142 e. The largest absolute Gasteiger partial charge is 0.142 e. The first-order valence-corrected chi connectivity index (χ1v) is 5.30. The van der Waals surface area contributed by atoms with E-state index in [2.05, 4.69) is 9.59 Å². The van der Waals surface area contributed by atoms with Gasteiger partial charge in [-0.05, 0) is 28.6 Å². The van der Waals surface area contributed by atoms with E-state index >= 15 is 0 Å². The predicted molar refractivity (Wildman–Crippen MR) is 39.3 cm³/mol. The van der Waals surface area contributed by atoms with Crippen LogP contribution >= 0.6 is 33.1 Å². The molecule has 0 N–H and O–H groups in total. The lowest BCUT2D eigenvalue weighted by Gasteiger charge is -1.82. The average molecular weight is 164 g/mol. The molecule has 0 spiro atoms. The summed E-state index contributed by atoms with van der Waals surface area (Å²) in [7, 11) is 3.32. The summed E-state index contributed by atoms with van der Waals surface area (Å²) in [5.74, 6) is 0. The maximum absolute atomic E-state index is 3.82. The molecule has 0 saturated carbocycles. The monoisotopic (exact) mass is 164 g/mol. The van der Waals surface area contributed by atoms with Gasteiger partial charge < -0.3 is 0 Å². The Hall–Kier alpha value is 0.260. The van der Waals surface area contributed by atoms with Gasteiger partial charge in [-0.15, -0.1) is 5.10 Å². The lowest BCUT2D eigenvalue weighted by atomic mass is 11.0. The quantitative estimate of drug-likeness (QED) is 0.624. The summed E-state index contributed by atoms with van der Waals surface area (Å²) in [4.78, 5) is 0. The Morgan fingerprint density at radius 2 is 2.62 bits per heavy atom. The van der Waals surface area contributed by atoms with Crippen molar-refractivity contribution in [2.45, 2.75) is 5.03 Å². The molecule has 2 nitrogen and oxygen atoms in total. The van der Waals surface area contributed by atoms with Crippen molar-refractivity contribution in [1.29, 1.82) is 0 Å². The van der Waals surface area contributed by atoms with E-state index in [1.165, 1.54) is 11.5 Å². The minimum absolute atomic E-state index is 1.00. The van der Waals surface area contributed by atoms with E-state index in [0.717, 1.165) is 5.03 Å². The topological polar surface area (TPSA) is 25.8 Å². The molecule has 0 aliphatic carbocycles. The van der Waals surface area contributed by atoms with Gasteiger partial charge in [-0.25, -0.2) is 0 Å². The van der Waals surface area contributed by atoms with Crippen LogP contribution in [0.1, 0.15) is 0 Å². The highest BCUT2D eigenvalue weighted by Gasteiger charge is 1.91. The molecule has 8 heavy (non-hydrogen) atoms. The lowest BCUT2D eigenvalue weighted by Crippen LogP contribution is -1.64. The van der Waals surface area contributed by atoms with Crippen LogP contribution in [0, 0.1) is 0 Å². The highest BCUT2D eigenvalue weighted by molar-refractivity contribution is 8.76. The van der Waals surface area contributed by atoms with E-state index in [0.29, 0.717) is 0 Å². The molecule has 0 fully saturated rings. The number of hydrogen-bond donors (Lipinski definition) is 0. The second-order valence-corrected chi connectivity index (χ2v) is 4.02. The molecule has 0 amide bonds. The second-order valence-electron chi connectivity index (χ2n) is 0.993. The summed E-state index contributed by atoms with van der Waals surface area (Å²) in [6.07, 6.45) is 2.02. The Morgan fingerprint density at radius 1 is 1.75 bits per heavy atom. The third-order valence-corrected chi connectivity index (χ3v) is 2.71. The molecular weight excluding hydrogens is 160 g/mol. The van der Waals surface area contributed by atoms with Crippen molar-refractivity contribution in [3.63, 3.8) is 0 Å². The summed E-state index contributed by atoms with van der Waals surface area (Å²) >= 11 is 1.38. The molecule has 44 valence electrons. The first-order valence-electron chi connectivity index (χ1n) is 1.91. The number of aromatic nitrogens is 2. The third-order valence-electron chi connectivity index (χ3n) is 0.509. The minimum Gasteiger partial charge on any atom is -0.131 e. The van der Waals surface area contributed by atoms with Gasteiger partial charge in [0.25, 0.3) is 0 Å². The highest BCUT2D eigenvalue weighted by atomic mass is 33.1. The SMILES string of the molecule is CSSc1csnn1.